The molecule has 21 heavy (non-hydrogen) atoms. The topological polar surface area (TPSA) is 107 Å². The van der Waals surface area contributed by atoms with Crippen LogP contribution in [0, 0.1) is 11.3 Å². The van der Waals surface area contributed by atoms with Crippen molar-refractivity contribution in [2.24, 2.45) is 12.8 Å². The number of hydrogen-bond acceptors (Lipinski definition) is 6. The molecule has 0 saturated heterocycles. The van der Waals surface area contributed by atoms with E-state index in [0.717, 1.165) is 5.56 Å². The number of ether oxygens (including phenoxy) is 1. The molecule has 2 aromatic rings. The first-order valence-corrected chi connectivity index (χ1v) is 7.05. The fourth-order valence-corrected chi connectivity index (χ4v) is 2.42. The smallest absolute Gasteiger partial charge is 0.404 e. The zero-order valence-electron chi connectivity index (χ0n) is 11.3. The molecule has 0 bridgehead atoms. The molecule has 2 N–H and O–H groups in total. The molecule has 1 amide bonds. The van der Waals surface area contributed by atoms with Crippen molar-refractivity contribution >= 4 is 17.9 Å². The number of carbonyl (C=O) groups excluding carboxylic acids is 1. The third-order valence-electron chi connectivity index (χ3n) is 2.64. The highest BCUT2D eigenvalue weighted by atomic mass is 32.2. The highest BCUT2D eigenvalue weighted by Gasteiger charge is 2.11. The fraction of sp³-hybridized carbons (Fsp3) is 0.231. The molecule has 1 heterocycles. The lowest BCUT2D eigenvalue weighted by molar-refractivity contribution is 0.164. The molecule has 0 radical (unpaired) electrons. The fourth-order valence-electron chi connectivity index (χ4n) is 1.70. The zero-order chi connectivity index (χ0) is 15.2. The standard InChI is InChI=1S/C13H13N5O2S/c1-18-11(10-4-2-3-9(7-10)8-14)16-17-13(18)21-6-5-20-12(15)19/h2-4,7H,5-6H2,1H3,(H2,15,19). The van der Waals surface area contributed by atoms with Gasteiger partial charge in [-0.1, -0.05) is 23.9 Å². The minimum Gasteiger partial charge on any atom is -0.449 e. The van der Waals surface area contributed by atoms with Gasteiger partial charge in [-0.3, -0.25) is 0 Å². The van der Waals surface area contributed by atoms with Crippen LogP contribution in [0.2, 0.25) is 0 Å². The van der Waals surface area contributed by atoms with Crippen LogP contribution in [-0.2, 0) is 11.8 Å². The van der Waals surface area contributed by atoms with Gasteiger partial charge in [-0.25, -0.2) is 4.79 Å². The number of aromatic nitrogens is 3. The molecule has 0 aliphatic heterocycles. The van der Waals surface area contributed by atoms with E-state index in [0.29, 0.717) is 22.3 Å². The third kappa shape index (κ3) is 3.73. The Labute approximate surface area is 125 Å². The van der Waals surface area contributed by atoms with Gasteiger partial charge < -0.3 is 15.0 Å². The van der Waals surface area contributed by atoms with E-state index in [4.69, 9.17) is 11.0 Å². The van der Waals surface area contributed by atoms with Crippen molar-refractivity contribution in [2.45, 2.75) is 5.16 Å². The Bertz CT molecular complexity index is 692. The lowest BCUT2D eigenvalue weighted by atomic mass is 10.1. The summed E-state index contributed by atoms with van der Waals surface area (Å²) in [5, 5.41) is 17.8. The second kappa shape index (κ2) is 6.76. The molecule has 0 aliphatic rings. The largest absolute Gasteiger partial charge is 0.449 e. The second-order valence-electron chi connectivity index (χ2n) is 4.07. The molecule has 0 aliphatic carbocycles. The SMILES string of the molecule is Cn1c(SCCOC(N)=O)nnc1-c1cccc(C#N)c1. The molecular weight excluding hydrogens is 290 g/mol. The van der Waals surface area contributed by atoms with E-state index in [1.807, 2.05) is 17.7 Å². The Morgan fingerprint density at radius 3 is 3.05 bits per heavy atom. The van der Waals surface area contributed by atoms with E-state index in [-0.39, 0.29) is 6.61 Å². The molecule has 2 rings (SSSR count). The van der Waals surface area contributed by atoms with Crippen LogP contribution in [0.1, 0.15) is 5.56 Å². The number of hydrogen-bond donors (Lipinski definition) is 1. The first-order chi connectivity index (χ1) is 10.1. The van der Waals surface area contributed by atoms with Gasteiger partial charge in [-0.05, 0) is 12.1 Å². The van der Waals surface area contributed by atoms with Crippen molar-refractivity contribution in [1.82, 2.24) is 14.8 Å². The summed E-state index contributed by atoms with van der Waals surface area (Å²) in [5.41, 5.74) is 6.27. The normalized spacial score (nSPS) is 10.1. The van der Waals surface area contributed by atoms with Crippen LogP contribution in [-0.4, -0.2) is 33.2 Å². The van der Waals surface area contributed by atoms with E-state index >= 15 is 0 Å². The zero-order valence-corrected chi connectivity index (χ0v) is 12.1. The number of nitriles is 1. The second-order valence-corrected chi connectivity index (χ2v) is 5.14. The first-order valence-electron chi connectivity index (χ1n) is 6.07. The van der Waals surface area contributed by atoms with E-state index < -0.39 is 6.09 Å². The maximum absolute atomic E-state index is 10.5. The summed E-state index contributed by atoms with van der Waals surface area (Å²) < 4.78 is 6.47. The molecule has 0 fully saturated rings. The number of benzene rings is 1. The summed E-state index contributed by atoms with van der Waals surface area (Å²) in [4.78, 5) is 10.5. The highest BCUT2D eigenvalue weighted by Crippen LogP contribution is 2.23. The molecule has 8 heteroatoms. The van der Waals surface area contributed by atoms with Gasteiger partial charge in [0, 0.05) is 18.4 Å². The molecule has 0 atom stereocenters. The van der Waals surface area contributed by atoms with Crippen LogP contribution in [0.3, 0.4) is 0 Å². The van der Waals surface area contributed by atoms with Crippen molar-refractivity contribution in [3.05, 3.63) is 29.8 Å². The van der Waals surface area contributed by atoms with Gasteiger partial charge in [-0.15, -0.1) is 10.2 Å². The monoisotopic (exact) mass is 303 g/mol. The summed E-state index contributed by atoms with van der Waals surface area (Å²) in [6, 6.07) is 9.26. The maximum atomic E-state index is 10.5. The lowest BCUT2D eigenvalue weighted by Crippen LogP contribution is -2.14. The van der Waals surface area contributed by atoms with Crippen molar-refractivity contribution in [3.8, 4) is 17.5 Å². The van der Waals surface area contributed by atoms with E-state index in [1.54, 1.807) is 18.2 Å². The van der Waals surface area contributed by atoms with Crippen molar-refractivity contribution in [2.75, 3.05) is 12.4 Å². The molecule has 0 saturated carbocycles. The van der Waals surface area contributed by atoms with Crippen LogP contribution in [0.5, 0.6) is 0 Å². The minimum atomic E-state index is -0.789. The van der Waals surface area contributed by atoms with Gasteiger partial charge in [0.05, 0.1) is 11.6 Å². The first kappa shape index (κ1) is 14.9. The van der Waals surface area contributed by atoms with Crippen LogP contribution in [0.4, 0.5) is 4.79 Å². The van der Waals surface area contributed by atoms with Crippen molar-refractivity contribution < 1.29 is 9.53 Å². The Morgan fingerprint density at radius 2 is 2.33 bits per heavy atom. The predicted molar refractivity (Wildman–Crippen MR) is 77.4 cm³/mol. The highest BCUT2D eigenvalue weighted by molar-refractivity contribution is 7.99. The number of amides is 1. The quantitative estimate of drug-likeness (QED) is 0.663. The van der Waals surface area contributed by atoms with Crippen LogP contribution in [0.15, 0.2) is 29.4 Å². The maximum Gasteiger partial charge on any atom is 0.404 e. The van der Waals surface area contributed by atoms with Gasteiger partial charge in [0.25, 0.3) is 0 Å². The average Bonchev–Trinajstić information content (AvgIpc) is 2.84. The molecular formula is C13H13N5O2S. The summed E-state index contributed by atoms with van der Waals surface area (Å²) in [6.45, 7) is 0.214. The number of rotatable bonds is 5. The van der Waals surface area contributed by atoms with Crippen LogP contribution in [0.25, 0.3) is 11.4 Å². The molecule has 1 aromatic heterocycles. The summed E-state index contributed by atoms with van der Waals surface area (Å²) in [5.74, 6) is 1.21. The van der Waals surface area contributed by atoms with Gasteiger partial charge >= 0.3 is 6.09 Å². The van der Waals surface area contributed by atoms with Gasteiger partial charge in [0.15, 0.2) is 11.0 Å². The average molecular weight is 303 g/mol. The minimum absolute atomic E-state index is 0.214. The number of nitrogens with two attached hydrogens (primary N) is 1. The Hall–Kier alpha value is -2.53. The van der Waals surface area contributed by atoms with Gasteiger partial charge in [0.2, 0.25) is 0 Å². The summed E-state index contributed by atoms with van der Waals surface area (Å²) in [7, 11) is 1.84. The molecule has 7 nitrogen and oxygen atoms in total. The Morgan fingerprint density at radius 1 is 1.52 bits per heavy atom. The molecule has 0 unspecified atom stereocenters. The molecule has 1 aromatic carbocycles. The predicted octanol–water partition coefficient (Wildman–Crippen LogP) is 1.54. The molecule has 108 valence electrons. The van der Waals surface area contributed by atoms with Gasteiger partial charge in [-0.2, -0.15) is 5.26 Å². The Balaban J connectivity index is 2.09. The van der Waals surface area contributed by atoms with Crippen molar-refractivity contribution in [1.29, 1.82) is 5.26 Å². The third-order valence-corrected chi connectivity index (χ3v) is 3.63. The van der Waals surface area contributed by atoms with Gasteiger partial charge in [0.1, 0.15) is 6.61 Å². The number of thioether (sulfide) groups is 1. The number of nitrogens with zero attached hydrogens (tertiary/aromatic N) is 4. The summed E-state index contributed by atoms with van der Waals surface area (Å²) in [6.07, 6.45) is -0.789. The number of primary amides is 1. The Kier molecular flexibility index (Phi) is 4.79. The summed E-state index contributed by atoms with van der Waals surface area (Å²) >= 11 is 1.41. The van der Waals surface area contributed by atoms with E-state index in [9.17, 15) is 4.79 Å². The van der Waals surface area contributed by atoms with Crippen molar-refractivity contribution in [3.63, 3.8) is 0 Å². The van der Waals surface area contributed by atoms with Crippen LogP contribution < -0.4 is 5.73 Å². The van der Waals surface area contributed by atoms with E-state index in [2.05, 4.69) is 21.0 Å². The van der Waals surface area contributed by atoms with Crippen LogP contribution >= 0.6 is 11.8 Å². The number of carbonyl (C=O) groups is 1. The lowest BCUT2D eigenvalue weighted by Gasteiger charge is -2.04. The molecule has 0 spiro atoms. The van der Waals surface area contributed by atoms with E-state index in [1.165, 1.54) is 11.8 Å².